The number of hydrogen-bond acceptors (Lipinski definition) is 5. The molecule has 0 fully saturated rings. The lowest BCUT2D eigenvalue weighted by atomic mass is 10.1. The fourth-order valence-electron chi connectivity index (χ4n) is 3.44. The van der Waals surface area contributed by atoms with Crippen LogP contribution in [0.5, 0.6) is 0 Å². The molecule has 0 spiro atoms. The Labute approximate surface area is 169 Å². The minimum Gasteiger partial charge on any atom is -0.403 e. The van der Waals surface area contributed by atoms with Crippen molar-refractivity contribution in [2.45, 2.75) is 26.6 Å². The van der Waals surface area contributed by atoms with Crippen LogP contribution in [-0.4, -0.2) is 9.55 Å². The van der Waals surface area contributed by atoms with E-state index in [1.165, 1.54) is 11.8 Å². The third-order valence-corrected chi connectivity index (χ3v) is 5.08. The van der Waals surface area contributed by atoms with Gasteiger partial charge in [0.2, 0.25) is 0 Å². The van der Waals surface area contributed by atoms with Crippen molar-refractivity contribution in [1.29, 1.82) is 0 Å². The predicted molar refractivity (Wildman–Crippen MR) is 111 cm³/mol. The molecule has 0 aliphatic carbocycles. The van der Waals surface area contributed by atoms with Crippen LogP contribution in [0.15, 0.2) is 60.7 Å². The molecule has 6 nitrogen and oxygen atoms in total. The largest absolute Gasteiger partial charge is 0.403 e. The van der Waals surface area contributed by atoms with Crippen LogP contribution < -0.4 is 16.6 Å². The third kappa shape index (κ3) is 3.49. The first-order valence-electron chi connectivity index (χ1n) is 9.00. The zero-order valence-corrected chi connectivity index (χ0v) is 16.4. The monoisotopic (exact) mass is 395 g/mol. The molecule has 0 atom stereocenters. The summed E-state index contributed by atoms with van der Waals surface area (Å²) in [5, 5.41) is 2.18. The molecule has 2 heterocycles. The van der Waals surface area contributed by atoms with Crippen LogP contribution >= 0.6 is 11.6 Å². The summed E-state index contributed by atoms with van der Waals surface area (Å²) in [6.45, 7) is 3.01. The zero-order valence-electron chi connectivity index (χ0n) is 15.6. The van der Waals surface area contributed by atoms with Crippen LogP contribution in [0, 0.1) is 6.92 Å². The molecule has 0 saturated carbocycles. The second-order valence-electron chi connectivity index (χ2n) is 6.83. The SMILES string of the molecule is Cc1cccc(COCc2ncn3c2C/C(=C/N)N(N)c2cc(Cl)ccc2-3)c1. The molecular weight excluding hydrogens is 374 g/mol. The third-order valence-electron chi connectivity index (χ3n) is 4.85. The van der Waals surface area contributed by atoms with Crippen molar-refractivity contribution < 1.29 is 4.74 Å². The first kappa shape index (κ1) is 18.6. The first-order chi connectivity index (χ1) is 13.6. The molecule has 4 rings (SSSR count). The number of hydrazine groups is 1. The summed E-state index contributed by atoms with van der Waals surface area (Å²) in [7, 11) is 0. The van der Waals surface area contributed by atoms with Crippen LogP contribution in [0.3, 0.4) is 0 Å². The van der Waals surface area contributed by atoms with E-state index in [2.05, 4.69) is 30.1 Å². The predicted octanol–water partition coefficient (Wildman–Crippen LogP) is 3.59. The number of hydrogen-bond donors (Lipinski definition) is 2. The molecule has 1 aliphatic rings. The number of aryl methyl sites for hydroxylation is 1. The van der Waals surface area contributed by atoms with Crippen molar-refractivity contribution >= 4 is 17.3 Å². The Morgan fingerprint density at radius 2 is 2.04 bits per heavy atom. The van der Waals surface area contributed by atoms with Gasteiger partial charge in [0.25, 0.3) is 0 Å². The highest BCUT2D eigenvalue weighted by Gasteiger charge is 2.24. The Hall–Kier alpha value is -2.80. The molecule has 1 aromatic heterocycles. The summed E-state index contributed by atoms with van der Waals surface area (Å²) in [5.41, 5.74) is 12.5. The Balaban J connectivity index is 1.63. The molecule has 0 bridgehead atoms. The Morgan fingerprint density at radius 3 is 2.82 bits per heavy atom. The average molecular weight is 396 g/mol. The van der Waals surface area contributed by atoms with Gasteiger partial charge in [-0.15, -0.1) is 0 Å². The van der Waals surface area contributed by atoms with Crippen molar-refractivity contribution in [3.8, 4) is 5.69 Å². The van der Waals surface area contributed by atoms with Gasteiger partial charge < -0.3 is 15.0 Å². The second-order valence-corrected chi connectivity index (χ2v) is 7.26. The molecule has 144 valence electrons. The highest BCUT2D eigenvalue weighted by molar-refractivity contribution is 6.31. The molecule has 0 radical (unpaired) electrons. The average Bonchev–Trinajstić information content (AvgIpc) is 3.03. The van der Waals surface area contributed by atoms with Gasteiger partial charge in [-0.3, -0.25) is 5.01 Å². The van der Waals surface area contributed by atoms with Crippen molar-refractivity contribution in [2.75, 3.05) is 5.01 Å². The summed E-state index contributed by atoms with van der Waals surface area (Å²) in [6, 6.07) is 13.9. The van der Waals surface area contributed by atoms with Gasteiger partial charge in [0, 0.05) is 17.6 Å². The van der Waals surface area contributed by atoms with E-state index in [-0.39, 0.29) is 0 Å². The van der Waals surface area contributed by atoms with E-state index < -0.39 is 0 Å². The number of anilines is 1. The number of nitrogens with two attached hydrogens (primary N) is 2. The lowest BCUT2D eigenvalue weighted by Crippen LogP contribution is -2.31. The molecule has 0 unspecified atom stereocenters. The topological polar surface area (TPSA) is 82.3 Å². The number of halogens is 1. The molecule has 28 heavy (non-hydrogen) atoms. The maximum absolute atomic E-state index is 6.31. The minimum absolute atomic E-state index is 0.404. The number of nitrogens with zero attached hydrogens (tertiary/aromatic N) is 3. The molecule has 7 heteroatoms. The molecule has 4 N–H and O–H groups in total. The van der Waals surface area contributed by atoms with Crippen molar-refractivity contribution in [1.82, 2.24) is 9.55 Å². The quantitative estimate of drug-likeness (QED) is 0.660. The summed E-state index contributed by atoms with van der Waals surface area (Å²) >= 11 is 6.18. The number of benzene rings is 2. The molecule has 2 aromatic carbocycles. The van der Waals surface area contributed by atoms with Gasteiger partial charge in [-0.25, -0.2) is 10.8 Å². The minimum atomic E-state index is 0.404. The van der Waals surface area contributed by atoms with Crippen LogP contribution in [-0.2, 0) is 24.4 Å². The van der Waals surface area contributed by atoms with Crippen LogP contribution in [0.4, 0.5) is 5.69 Å². The summed E-state index contributed by atoms with van der Waals surface area (Å²) < 4.78 is 7.96. The summed E-state index contributed by atoms with van der Waals surface area (Å²) in [5.74, 6) is 6.31. The number of ether oxygens (including phenoxy) is 1. The highest BCUT2D eigenvalue weighted by atomic mass is 35.5. The lowest BCUT2D eigenvalue weighted by molar-refractivity contribution is 0.104. The van der Waals surface area contributed by atoms with E-state index >= 15 is 0 Å². The number of rotatable bonds is 4. The fourth-order valence-corrected chi connectivity index (χ4v) is 3.60. The van der Waals surface area contributed by atoms with E-state index in [9.17, 15) is 0 Å². The number of fused-ring (bicyclic) bond motifs is 3. The normalized spacial score (nSPS) is 14.7. The Morgan fingerprint density at radius 1 is 1.18 bits per heavy atom. The standard InChI is InChI=1S/C21H22ClN5O/c1-14-3-2-4-15(7-14)11-28-12-18-20-9-17(10-23)27(24)21-8-16(22)5-6-19(21)26(20)13-25-18/h2-8,10,13H,9,11-12,23-24H2,1H3/b17-10-. The van der Waals surface area contributed by atoms with Gasteiger partial charge in [0.1, 0.15) is 0 Å². The summed E-state index contributed by atoms with van der Waals surface area (Å²) in [6.07, 6.45) is 3.86. The van der Waals surface area contributed by atoms with Crippen molar-refractivity contribution in [3.63, 3.8) is 0 Å². The molecule has 0 amide bonds. The number of aromatic nitrogens is 2. The molecule has 1 aliphatic heterocycles. The van der Waals surface area contributed by atoms with Crippen LogP contribution in [0.2, 0.25) is 5.02 Å². The van der Waals surface area contributed by atoms with Crippen LogP contribution in [0.25, 0.3) is 5.69 Å². The van der Waals surface area contributed by atoms with E-state index in [1.54, 1.807) is 11.3 Å². The lowest BCUT2D eigenvalue weighted by Gasteiger charge is -2.21. The van der Waals surface area contributed by atoms with Gasteiger partial charge >= 0.3 is 0 Å². The molecular formula is C21H22ClN5O. The summed E-state index contributed by atoms with van der Waals surface area (Å²) in [4.78, 5) is 4.58. The van der Waals surface area contributed by atoms with Gasteiger partial charge in [-0.1, -0.05) is 41.4 Å². The van der Waals surface area contributed by atoms with Gasteiger partial charge in [-0.2, -0.15) is 0 Å². The Kier molecular flexibility index (Phi) is 5.09. The number of imidazole rings is 1. The van der Waals surface area contributed by atoms with Gasteiger partial charge in [-0.05, 0) is 30.7 Å². The zero-order chi connectivity index (χ0) is 19.7. The smallest absolute Gasteiger partial charge is 0.0999 e. The number of allylic oxidation sites excluding steroid dienone is 1. The van der Waals surface area contributed by atoms with Gasteiger partial charge in [0.15, 0.2) is 0 Å². The van der Waals surface area contributed by atoms with E-state index in [1.807, 2.05) is 28.8 Å². The Bertz CT molecular complexity index is 1040. The fraction of sp³-hybridized carbons (Fsp3) is 0.190. The first-order valence-corrected chi connectivity index (χ1v) is 9.38. The van der Waals surface area contributed by atoms with Crippen LogP contribution in [0.1, 0.15) is 22.5 Å². The molecule has 3 aromatic rings. The van der Waals surface area contributed by atoms with E-state index in [0.717, 1.165) is 34.0 Å². The molecule has 0 saturated heterocycles. The van der Waals surface area contributed by atoms with E-state index in [4.69, 9.17) is 27.9 Å². The van der Waals surface area contributed by atoms with E-state index in [0.29, 0.717) is 24.7 Å². The maximum atomic E-state index is 6.31. The van der Waals surface area contributed by atoms with Gasteiger partial charge in [0.05, 0.1) is 48.0 Å². The highest BCUT2D eigenvalue weighted by Crippen LogP contribution is 2.34. The van der Waals surface area contributed by atoms with Crippen molar-refractivity contribution in [3.05, 3.63) is 88.2 Å². The second kappa shape index (κ2) is 7.67. The van der Waals surface area contributed by atoms with Crippen molar-refractivity contribution in [2.24, 2.45) is 11.6 Å². The maximum Gasteiger partial charge on any atom is 0.0999 e.